The predicted molar refractivity (Wildman–Crippen MR) is 66.5 cm³/mol. The summed E-state index contributed by atoms with van der Waals surface area (Å²) in [7, 11) is 1.80. The van der Waals surface area contributed by atoms with Crippen molar-refractivity contribution in [3.63, 3.8) is 0 Å². The Labute approximate surface area is 99.6 Å². The number of nitrogens with one attached hydrogen (secondary N) is 1. The zero-order valence-electron chi connectivity index (χ0n) is 10.9. The summed E-state index contributed by atoms with van der Waals surface area (Å²) in [5.41, 5.74) is 0. The maximum atomic E-state index is 9.32. The second kappa shape index (κ2) is 7.25. The molecule has 0 aliphatic heterocycles. The minimum absolute atomic E-state index is 0.252. The van der Waals surface area contributed by atoms with Crippen LogP contribution in [0.5, 0.6) is 0 Å². The first-order valence-corrected chi connectivity index (χ1v) is 6.55. The first-order valence-electron chi connectivity index (χ1n) is 6.55. The Kier molecular flexibility index (Phi) is 6.32. The molecule has 1 rings (SSSR count). The molecule has 3 heteroatoms. The van der Waals surface area contributed by atoms with E-state index in [1.807, 2.05) is 0 Å². The summed E-state index contributed by atoms with van der Waals surface area (Å²) in [5, 5.41) is 12.9. The van der Waals surface area contributed by atoms with Crippen molar-refractivity contribution in [2.75, 3.05) is 13.7 Å². The van der Waals surface area contributed by atoms with Gasteiger partial charge in [0.05, 0.1) is 12.7 Å². The summed E-state index contributed by atoms with van der Waals surface area (Å²) >= 11 is 0. The molecule has 96 valence electrons. The Morgan fingerprint density at radius 1 is 1.25 bits per heavy atom. The summed E-state index contributed by atoms with van der Waals surface area (Å²) in [4.78, 5) is 0. The number of methoxy groups -OCH3 is 1. The van der Waals surface area contributed by atoms with Crippen LogP contribution in [-0.4, -0.2) is 37.0 Å². The van der Waals surface area contributed by atoms with E-state index in [9.17, 15) is 5.11 Å². The van der Waals surface area contributed by atoms with Gasteiger partial charge in [-0.05, 0) is 38.0 Å². The van der Waals surface area contributed by atoms with Gasteiger partial charge in [0, 0.05) is 19.2 Å². The summed E-state index contributed by atoms with van der Waals surface area (Å²) in [6.07, 6.45) is 6.15. The zero-order chi connectivity index (χ0) is 12.0. The second-order valence-electron chi connectivity index (χ2n) is 5.39. The number of aliphatic hydroxyl groups is 1. The van der Waals surface area contributed by atoms with Crippen molar-refractivity contribution in [2.45, 2.75) is 64.1 Å². The number of hydrogen-bond donors (Lipinski definition) is 2. The first-order chi connectivity index (χ1) is 7.65. The second-order valence-corrected chi connectivity index (χ2v) is 5.39. The van der Waals surface area contributed by atoms with Crippen molar-refractivity contribution in [3.8, 4) is 0 Å². The molecule has 0 aromatic heterocycles. The van der Waals surface area contributed by atoms with E-state index in [2.05, 4.69) is 19.2 Å². The van der Waals surface area contributed by atoms with Crippen LogP contribution in [0.2, 0.25) is 0 Å². The van der Waals surface area contributed by atoms with Crippen molar-refractivity contribution in [2.24, 2.45) is 5.92 Å². The van der Waals surface area contributed by atoms with Gasteiger partial charge in [0.2, 0.25) is 0 Å². The minimum atomic E-state index is 0.252. The van der Waals surface area contributed by atoms with Gasteiger partial charge in [-0.25, -0.2) is 0 Å². The van der Waals surface area contributed by atoms with Gasteiger partial charge in [-0.1, -0.05) is 13.8 Å². The predicted octanol–water partition coefficient (Wildman–Crippen LogP) is 1.94. The maximum absolute atomic E-state index is 9.32. The molecule has 1 aliphatic rings. The molecule has 0 heterocycles. The fourth-order valence-electron chi connectivity index (χ4n) is 2.56. The molecule has 0 spiro atoms. The van der Waals surface area contributed by atoms with Crippen LogP contribution in [0.15, 0.2) is 0 Å². The highest BCUT2D eigenvalue weighted by atomic mass is 16.5. The SMILES string of the molecule is COC1CCC(NC(CO)CC(C)C)CC1. The van der Waals surface area contributed by atoms with Crippen LogP contribution >= 0.6 is 0 Å². The van der Waals surface area contributed by atoms with Gasteiger partial charge in [-0.3, -0.25) is 0 Å². The average Bonchev–Trinajstić information content (AvgIpc) is 2.28. The van der Waals surface area contributed by atoms with Gasteiger partial charge in [-0.2, -0.15) is 0 Å². The molecule has 1 atom stereocenters. The number of rotatable bonds is 6. The molecule has 3 nitrogen and oxygen atoms in total. The van der Waals surface area contributed by atoms with Gasteiger partial charge >= 0.3 is 0 Å². The van der Waals surface area contributed by atoms with E-state index in [-0.39, 0.29) is 12.6 Å². The summed E-state index contributed by atoms with van der Waals surface area (Å²) < 4.78 is 5.36. The highest BCUT2D eigenvalue weighted by Gasteiger charge is 2.22. The molecule has 0 amide bonds. The van der Waals surface area contributed by atoms with Gasteiger partial charge < -0.3 is 15.2 Å². The van der Waals surface area contributed by atoms with Crippen molar-refractivity contribution in [3.05, 3.63) is 0 Å². The Hall–Kier alpha value is -0.120. The molecule has 0 saturated heterocycles. The van der Waals surface area contributed by atoms with Crippen LogP contribution in [-0.2, 0) is 4.74 Å². The number of hydrogen-bond acceptors (Lipinski definition) is 3. The van der Waals surface area contributed by atoms with Crippen LogP contribution in [0, 0.1) is 5.92 Å². The van der Waals surface area contributed by atoms with E-state index in [4.69, 9.17) is 4.74 Å². The lowest BCUT2D eigenvalue weighted by molar-refractivity contribution is 0.0591. The minimum Gasteiger partial charge on any atom is -0.395 e. The standard InChI is InChI=1S/C13H27NO2/c1-10(2)8-12(9-15)14-11-4-6-13(16-3)7-5-11/h10-15H,4-9H2,1-3H3. The Balaban J connectivity index is 2.25. The largest absolute Gasteiger partial charge is 0.395 e. The average molecular weight is 229 g/mol. The van der Waals surface area contributed by atoms with Crippen LogP contribution < -0.4 is 5.32 Å². The van der Waals surface area contributed by atoms with Crippen molar-refractivity contribution >= 4 is 0 Å². The lowest BCUT2D eigenvalue weighted by Gasteiger charge is -2.31. The van der Waals surface area contributed by atoms with E-state index in [0.29, 0.717) is 18.1 Å². The number of aliphatic hydroxyl groups excluding tert-OH is 1. The molecule has 0 bridgehead atoms. The van der Waals surface area contributed by atoms with Crippen LogP contribution in [0.25, 0.3) is 0 Å². The molecule has 1 aliphatic carbocycles. The van der Waals surface area contributed by atoms with Gasteiger partial charge in [0.25, 0.3) is 0 Å². The number of ether oxygens (including phenoxy) is 1. The lowest BCUT2D eigenvalue weighted by atomic mass is 9.91. The van der Waals surface area contributed by atoms with Crippen molar-refractivity contribution < 1.29 is 9.84 Å². The van der Waals surface area contributed by atoms with Gasteiger partial charge in [-0.15, -0.1) is 0 Å². The highest BCUT2D eigenvalue weighted by molar-refractivity contribution is 4.81. The van der Waals surface area contributed by atoms with Crippen LogP contribution in [0.1, 0.15) is 46.0 Å². The Morgan fingerprint density at radius 2 is 1.88 bits per heavy atom. The summed E-state index contributed by atoms with van der Waals surface area (Å²) in [5.74, 6) is 0.639. The highest BCUT2D eigenvalue weighted by Crippen LogP contribution is 2.21. The molecule has 1 saturated carbocycles. The molecule has 16 heavy (non-hydrogen) atoms. The normalized spacial score (nSPS) is 28.3. The van der Waals surface area contributed by atoms with E-state index in [1.54, 1.807) is 7.11 Å². The molecular weight excluding hydrogens is 202 g/mol. The fraction of sp³-hybridized carbons (Fsp3) is 1.00. The van der Waals surface area contributed by atoms with Gasteiger partial charge in [0.1, 0.15) is 0 Å². The monoisotopic (exact) mass is 229 g/mol. The van der Waals surface area contributed by atoms with Crippen LogP contribution in [0.3, 0.4) is 0 Å². The van der Waals surface area contributed by atoms with E-state index in [1.165, 1.54) is 12.8 Å². The Bertz CT molecular complexity index is 177. The van der Waals surface area contributed by atoms with E-state index in [0.717, 1.165) is 19.3 Å². The zero-order valence-corrected chi connectivity index (χ0v) is 10.9. The summed E-state index contributed by atoms with van der Waals surface area (Å²) in [6.45, 7) is 4.65. The summed E-state index contributed by atoms with van der Waals surface area (Å²) in [6, 6.07) is 0.839. The van der Waals surface area contributed by atoms with Gasteiger partial charge in [0.15, 0.2) is 0 Å². The Morgan fingerprint density at radius 3 is 2.31 bits per heavy atom. The van der Waals surface area contributed by atoms with Crippen LogP contribution in [0.4, 0.5) is 0 Å². The third-order valence-electron chi connectivity index (χ3n) is 3.46. The van der Waals surface area contributed by atoms with Crippen molar-refractivity contribution in [1.82, 2.24) is 5.32 Å². The molecule has 0 aromatic rings. The third-order valence-corrected chi connectivity index (χ3v) is 3.46. The van der Waals surface area contributed by atoms with E-state index >= 15 is 0 Å². The molecule has 0 radical (unpaired) electrons. The maximum Gasteiger partial charge on any atom is 0.0584 e. The first kappa shape index (κ1) is 13.9. The smallest absolute Gasteiger partial charge is 0.0584 e. The molecular formula is C13H27NO2. The lowest BCUT2D eigenvalue weighted by Crippen LogP contribution is -2.43. The quantitative estimate of drug-likeness (QED) is 0.731. The topological polar surface area (TPSA) is 41.5 Å². The molecule has 1 unspecified atom stereocenters. The van der Waals surface area contributed by atoms with E-state index < -0.39 is 0 Å². The molecule has 1 fully saturated rings. The third kappa shape index (κ3) is 4.81. The molecule has 0 aromatic carbocycles. The molecule has 2 N–H and O–H groups in total. The fourth-order valence-corrected chi connectivity index (χ4v) is 2.56. The van der Waals surface area contributed by atoms with Crippen molar-refractivity contribution in [1.29, 1.82) is 0 Å².